The van der Waals surface area contributed by atoms with Gasteiger partial charge in [-0.1, -0.05) is 30.3 Å². The molecule has 0 spiro atoms. The van der Waals surface area contributed by atoms with Gasteiger partial charge in [0.05, 0.1) is 18.7 Å². The van der Waals surface area contributed by atoms with E-state index < -0.39 is 24.4 Å². The molecule has 1 aromatic rings. The lowest BCUT2D eigenvalue weighted by Gasteiger charge is -2.31. The molecule has 0 bridgehead atoms. The second kappa shape index (κ2) is 5.36. The Hall–Kier alpha value is -2.09. The van der Waals surface area contributed by atoms with Crippen LogP contribution in [0.15, 0.2) is 35.4 Å². The molecule has 2 rings (SSSR count). The molecule has 1 amide bonds. The number of benzene rings is 1. The van der Waals surface area contributed by atoms with Gasteiger partial charge in [-0.2, -0.15) is 23.3 Å². The smallest absolute Gasteiger partial charge is 0.439 e. The summed E-state index contributed by atoms with van der Waals surface area (Å²) in [4.78, 5) is 11.6. The van der Waals surface area contributed by atoms with Gasteiger partial charge in [0.25, 0.3) is 5.72 Å². The van der Waals surface area contributed by atoms with Crippen LogP contribution in [0.25, 0.3) is 0 Å². The zero-order valence-electron chi connectivity index (χ0n) is 11.1. The van der Waals surface area contributed by atoms with Crippen molar-refractivity contribution in [2.45, 2.75) is 25.2 Å². The Morgan fingerprint density at radius 1 is 1.43 bits per heavy atom. The molecular formula is C13H13F3N2O3. The number of carbonyl (C=O) groups is 1. The Morgan fingerprint density at radius 2 is 2.05 bits per heavy atom. The number of hydrogen-bond acceptors (Lipinski definition) is 4. The molecule has 0 radical (unpaired) electrons. The van der Waals surface area contributed by atoms with Crippen molar-refractivity contribution in [1.82, 2.24) is 5.01 Å². The summed E-state index contributed by atoms with van der Waals surface area (Å²) < 4.78 is 43.9. The van der Waals surface area contributed by atoms with Crippen LogP contribution in [0.3, 0.4) is 0 Å². The van der Waals surface area contributed by atoms with Gasteiger partial charge < -0.3 is 9.84 Å². The fourth-order valence-electron chi connectivity index (χ4n) is 1.93. The van der Waals surface area contributed by atoms with Gasteiger partial charge in [-0.25, -0.2) is 4.79 Å². The van der Waals surface area contributed by atoms with Crippen LogP contribution >= 0.6 is 0 Å². The van der Waals surface area contributed by atoms with E-state index in [1.165, 1.54) is 6.92 Å². The van der Waals surface area contributed by atoms with Crippen LogP contribution in [0.2, 0.25) is 0 Å². The van der Waals surface area contributed by atoms with Gasteiger partial charge in [0.2, 0.25) is 0 Å². The highest BCUT2D eigenvalue weighted by atomic mass is 19.4. The summed E-state index contributed by atoms with van der Waals surface area (Å²) in [5.41, 5.74) is -3.04. The predicted molar refractivity (Wildman–Crippen MR) is 67.5 cm³/mol. The van der Waals surface area contributed by atoms with Gasteiger partial charge in [-0.05, 0) is 12.5 Å². The molecule has 1 heterocycles. The molecule has 1 aromatic carbocycles. The summed E-state index contributed by atoms with van der Waals surface area (Å²) in [5, 5.41) is 13.5. The van der Waals surface area contributed by atoms with Crippen molar-refractivity contribution in [3.05, 3.63) is 35.9 Å². The van der Waals surface area contributed by atoms with Crippen LogP contribution in [-0.4, -0.2) is 40.4 Å². The number of hydrazone groups is 1. The first-order valence-corrected chi connectivity index (χ1v) is 6.18. The second-order valence-electron chi connectivity index (χ2n) is 4.41. The first kappa shape index (κ1) is 15.3. The lowest BCUT2D eigenvalue weighted by atomic mass is 10.0. The molecule has 0 saturated carbocycles. The van der Waals surface area contributed by atoms with E-state index in [9.17, 15) is 23.1 Å². The molecule has 0 saturated heterocycles. The van der Waals surface area contributed by atoms with Crippen molar-refractivity contribution in [1.29, 1.82) is 0 Å². The summed E-state index contributed by atoms with van der Waals surface area (Å²) in [7, 11) is 0. The maximum atomic E-state index is 13.1. The highest BCUT2D eigenvalue weighted by molar-refractivity contribution is 6.03. The third-order valence-corrected chi connectivity index (χ3v) is 2.99. The fraction of sp³-hybridized carbons (Fsp3) is 0.385. The quantitative estimate of drug-likeness (QED) is 0.913. The largest absolute Gasteiger partial charge is 0.448 e. The number of nitrogens with zero attached hydrogens (tertiary/aromatic N) is 2. The van der Waals surface area contributed by atoms with Crippen LogP contribution in [0, 0.1) is 0 Å². The number of alkyl halides is 3. The number of aliphatic hydroxyl groups is 1. The number of ether oxygens (including phenoxy) is 1. The predicted octanol–water partition coefficient (Wildman–Crippen LogP) is 2.50. The van der Waals surface area contributed by atoms with E-state index in [2.05, 4.69) is 9.84 Å². The Bertz CT molecular complexity index is 560. The molecule has 5 nitrogen and oxygen atoms in total. The standard InChI is InChI=1S/C13H13F3N2O3/c1-2-21-11(19)18-12(20,13(14,15)16)8-10(17-18)9-6-4-3-5-7-9/h3-7,20H,2,8H2,1H3/t12-/m1/s1. The van der Waals surface area contributed by atoms with E-state index in [4.69, 9.17) is 0 Å². The number of carbonyl (C=O) groups excluding carboxylic acids is 1. The van der Waals surface area contributed by atoms with Crippen LogP contribution in [-0.2, 0) is 4.74 Å². The van der Waals surface area contributed by atoms with Crippen molar-refractivity contribution in [2.75, 3.05) is 6.61 Å². The van der Waals surface area contributed by atoms with Crippen molar-refractivity contribution >= 4 is 11.8 Å². The fourth-order valence-corrected chi connectivity index (χ4v) is 1.93. The lowest BCUT2D eigenvalue weighted by molar-refractivity contribution is -0.299. The SMILES string of the molecule is CCOC(=O)N1N=C(c2ccccc2)C[C@@]1(O)C(F)(F)F. The molecule has 1 aliphatic rings. The van der Waals surface area contributed by atoms with Gasteiger partial charge in [0, 0.05) is 0 Å². The van der Waals surface area contributed by atoms with Crippen LogP contribution in [0.4, 0.5) is 18.0 Å². The maximum absolute atomic E-state index is 13.1. The molecule has 0 unspecified atom stereocenters. The topological polar surface area (TPSA) is 62.1 Å². The van der Waals surface area contributed by atoms with Crippen molar-refractivity contribution in [3.8, 4) is 0 Å². The molecule has 0 fully saturated rings. The van der Waals surface area contributed by atoms with E-state index in [0.29, 0.717) is 5.56 Å². The molecule has 1 aliphatic heterocycles. The molecule has 0 aliphatic carbocycles. The van der Waals surface area contributed by atoms with Gasteiger partial charge >= 0.3 is 12.3 Å². The number of hydrogen-bond donors (Lipinski definition) is 1. The zero-order chi connectivity index (χ0) is 15.7. The monoisotopic (exact) mass is 302 g/mol. The summed E-state index contributed by atoms with van der Waals surface area (Å²) in [6.07, 6.45) is -7.25. The van der Waals surface area contributed by atoms with Crippen molar-refractivity contribution in [2.24, 2.45) is 5.10 Å². The summed E-state index contributed by atoms with van der Waals surface area (Å²) in [6, 6.07) is 8.03. The Kier molecular flexibility index (Phi) is 3.91. The molecule has 8 heteroatoms. The van der Waals surface area contributed by atoms with Crippen LogP contribution in [0.5, 0.6) is 0 Å². The minimum absolute atomic E-state index is 0.0384. The molecule has 114 valence electrons. The zero-order valence-corrected chi connectivity index (χ0v) is 11.1. The van der Waals surface area contributed by atoms with Gasteiger partial charge in [-0.15, -0.1) is 0 Å². The average molecular weight is 302 g/mol. The molecular weight excluding hydrogens is 289 g/mol. The van der Waals surface area contributed by atoms with Crippen LogP contribution in [0.1, 0.15) is 18.9 Å². The molecule has 1 atom stereocenters. The first-order chi connectivity index (χ1) is 9.79. The van der Waals surface area contributed by atoms with E-state index in [1.807, 2.05) is 0 Å². The van der Waals surface area contributed by atoms with Gasteiger partial charge in [0.15, 0.2) is 0 Å². The van der Waals surface area contributed by atoms with E-state index in [-0.39, 0.29) is 17.3 Å². The minimum atomic E-state index is -5.06. The maximum Gasteiger partial charge on any atom is 0.439 e. The summed E-state index contributed by atoms with van der Waals surface area (Å²) in [6.45, 7) is 1.32. The van der Waals surface area contributed by atoms with Gasteiger partial charge in [-0.3, -0.25) is 0 Å². The van der Waals surface area contributed by atoms with Gasteiger partial charge in [0.1, 0.15) is 0 Å². The first-order valence-electron chi connectivity index (χ1n) is 6.18. The normalized spacial score (nSPS) is 22.1. The van der Waals surface area contributed by atoms with Crippen LogP contribution < -0.4 is 0 Å². The summed E-state index contributed by atoms with van der Waals surface area (Å²) in [5.74, 6) is 0. The number of amides is 1. The Labute approximate surface area is 118 Å². The van der Waals surface area contributed by atoms with E-state index >= 15 is 0 Å². The molecule has 0 aromatic heterocycles. The highest BCUT2D eigenvalue weighted by Crippen LogP contribution is 2.41. The third-order valence-electron chi connectivity index (χ3n) is 2.99. The highest BCUT2D eigenvalue weighted by Gasteiger charge is 2.64. The molecule has 1 N–H and O–H groups in total. The Morgan fingerprint density at radius 3 is 2.57 bits per heavy atom. The van der Waals surface area contributed by atoms with Crippen molar-refractivity contribution < 1.29 is 27.8 Å². The summed E-state index contributed by atoms with van der Waals surface area (Å²) >= 11 is 0. The number of rotatable bonds is 2. The van der Waals surface area contributed by atoms with E-state index in [1.54, 1.807) is 30.3 Å². The molecule has 21 heavy (non-hydrogen) atoms. The lowest BCUT2D eigenvalue weighted by Crippen LogP contribution is -2.56. The second-order valence-corrected chi connectivity index (χ2v) is 4.41. The number of halogens is 3. The average Bonchev–Trinajstić information content (AvgIpc) is 2.79. The van der Waals surface area contributed by atoms with Crippen molar-refractivity contribution in [3.63, 3.8) is 0 Å². The minimum Gasteiger partial charge on any atom is -0.448 e. The third kappa shape index (κ3) is 2.71. The Balaban J connectivity index is 2.40. The van der Waals surface area contributed by atoms with E-state index in [0.717, 1.165) is 0 Å².